The lowest BCUT2D eigenvalue weighted by atomic mass is 10.1. The molecule has 1 aliphatic heterocycles. The molecule has 0 radical (unpaired) electrons. The average molecular weight is 524 g/mol. The van der Waals surface area contributed by atoms with E-state index in [0.29, 0.717) is 32.9 Å². The van der Waals surface area contributed by atoms with E-state index >= 15 is 0 Å². The molecule has 7 nitrogen and oxygen atoms in total. The molecule has 3 aromatic rings. The molecule has 2 amide bonds. The standard InChI is InChI=1S/C25H21N3O4S3/c1-32-23(31)18-11-9-16(10-12-18)14-20-22(30)28(25(33)35-20)13-5-8-21(29)27-24-26-19(15-34-24)17-6-3-2-4-7-17/h2-4,6-7,9-12,14-15H,5,8,13H2,1H3,(H,26,27,29)/b20-14-. The summed E-state index contributed by atoms with van der Waals surface area (Å²) in [6.07, 6.45) is 2.45. The van der Waals surface area contributed by atoms with E-state index in [9.17, 15) is 14.4 Å². The van der Waals surface area contributed by atoms with E-state index in [4.69, 9.17) is 17.0 Å². The Kier molecular flexibility index (Phi) is 8.06. The lowest BCUT2D eigenvalue weighted by Crippen LogP contribution is -2.29. The number of carbonyl (C=O) groups is 3. The number of nitrogens with zero attached hydrogens (tertiary/aromatic N) is 2. The van der Waals surface area contributed by atoms with E-state index in [2.05, 4.69) is 10.3 Å². The molecule has 4 rings (SSSR count). The number of esters is 1. The highest BCUT2D eigenvalue weighted by Gasteiger charge is 2.31. The number of amides is 2. The van der Waals surface area contributed by atoms with E-state index in [-0.39, 0.29) is 18.2 Å². The zero-order valence-electron chi connectivity index (χ0n) is 18.7. The maximum Gasteiger partial charge on any atom is 0.337 e. The molecule has 1 aliphatic rings. The van der Waals surface area contributed by atoms with Crippen molar-refractivity contribution in [3.8, 4) is 11.3 Å². The van der Waals surface area contributed by atoms with Gasteiger partial charge < -0.3 is 10.1 Å². The van der Waals surface area contributed by atoms with Crippen LogP contribution in [0.3, 0.4) is 0 Å². The highest BCUT2D eigenvalue weighted by Crippen LogP contribution is 2.33. The predicted octanol–water partition coefficient (Wildman–Crippen LogP) is 5.22. The van der Waals surface area contributed by atoms with E-state index in [0.717, 1.165) is 16.8 Å². The minimum Gasteiger partial charge on any atom is -0.465 e. The van der Waals surface area contributed by atoms with Crippen molar-refractivity contribution in [2.24, 2.45) is 0 Å². The summed E-state index contributed by atoms with van der Waals surface area (Å²) < 4.78 is 5.15. The second-order valence-corrected chi connectivity index (χ2v) is 10.0. The molecule has 0 unspecified atom stereocenters. The van der Waals surface area contributed by atoms with Crippen LogP contribution in [0.15, 0.2) is 64.9 Å². The second-order valence-electron chi connectivity index (χ2n) is 7.50. The number of aromatic nitrogens is 1. The van der Waals surface area contributed by atoms with Crippen LogP contribution in [0.4, 0.5) is 5.13 Å². The fourth-order valence-electron chi connectivity index (χ4n) is 3.33. The summed E-state index contributed by atoms with van der Waals surface area (Å²) in [5.41, 5.74) is 3.02. The number of anilines is 1. The summed E-state index contributed by atoms with van der Waals surface area (Å²) in [7, 11) is 1.33. The summed E-state index contributed by atoms with van der Waals surface area (Å²) in [6.45, 7) is 0.351. The van der Waals surface area contributed by atoms with Gasteiger partial charge in [0.15, 0.2) is 5.13 Å². The van der Waals surface area contributed by atoms with Gasteiger partial charge in [0.1, 0.15) is 4.32 Å². The van der Waals surface area contributed by atoms with Crippen LogP contribution in [0.2, 0.25) is 0 Å². The second kappa shape index (κ2) is 11.4. The summed E-state index contributed by atoms with van der Waals surface area (Å²) in [6, 6.07) is 16.5. The van der Waals surface area contributed by atoms with Crippen LogP contribution in [-0.4, -0.2) is 45.6 Å². The number of thiocarbonyl (C=S) groups is 1. The number of rotatable bonds is 8. The summed E-state index contributed by atoms with van der Waals surface area (Å²) in [5, 5.41) is 5.27. The Hall–Kier alpha value is -3.34. The van der Waals surface area contributed by atoms with Gasteiger partial charge in [-0.15, -0.1) is 11.3 Å². The molecule has 0 saturated carbocycles. The average Bonchev–Trinajstić information content (AvgIpc) is 3.44. The third kappa shape index (κ3) is 6.21. The van der Waals surface area contributed by atoms with Crippen LogP contribution in [0.25, 0.3) is 17.3 Å². The van der Waals surface area contributed by atoms with E-state index < -0.39 is 5.97 Å². The van der Waals surface area contributed by atoms with Gasteiger partial charge in [0, 0.05) is 23.9 Å². The number of benzene rings is 2. The van der Waals surface area contributed by atoms with Crippen LogP contribution in [0.1, 0.15) is 28.8 Å². The number of hydrogen-bond acceptors (Lipinski definition) is 8. The molecular formula is C25H21N3O4S3. The highest BCUT2D eigenvalue weighted by molar-refractivity contribution is 8.26. The van der Waals surface area contributed by atoms with Gasteiger partial charge in [0.25, 0.3) is 5.91 Å². The van der Waals surface area contributed by atoms with Gasteiger partial charge in [0.05, 0.1) is 23.3 Å². The molecule has 1 N–H and O–H groups in total. The monoisotopic (exact) mass is 523 g/mol. The Labute approximate surface area is 216 Å². The van der Waals surface area contributed by atoms with Gasteiger partial charge >= 0.3 is 5.97 Å². The molecule has 0 atom stereocenters. The van der Waals surface area contributed by atoms with E-state index in [1.54, 1.807) is 30.3 Å². The zero-order valence-corrected chi connectivity index (χ0v) is 21.2. The molecule has 1 fully saturated rings. The van der Waals surface area contributed by atoms with Gasteiger partial charge in [-0.05, 0) is 30.2 Å². The lowest BCUT2D eigenvalue weighted by Gasteiger charge is -2.13. The molecule has 178 valence electrons. The zero-order chi connectivity index (χ0) is 24.8. The van der Waals surface area contributed by atoms with Crippen molar-refractivity contribution in [2.75, 3.05) is 19.0 Å². The molecule has 2 heterocycles. The predicted molar refractivity (Wildman–Crippen MR) is 143 cm³/mol. The van der Waals surface area contributed by atoms with Crippen LogP contribution < -0.4 is 5.32 Å². The summed E-state index contributed by atoms with van der Waals surface area (Å²) in [5.74, 6) is -0.770. The van der Waals surface area contributed by atoms with Crippen molar-refractivity contribution < 1.29 is 19.1 Å². The molecule has 10 heteroatoms. The highest BCUT2D eigenvalue weighted by atomic mass is 32.2. The number of ether oxygens (including phenoxy) is 1. The van der Waals surface area contributed by atoms with Crippen molar-refractivity contribution in [1.82, 2.24) is 9.88 Å². The Morgan fingerprint density at radius 2 is 1.89 bits per heavy atom. The maximum absolute atomic E-state index is 12.8. The fraction of sp³-hybridized carbons (Fsp3) is 0.160. The normalized spacial score (nSPS) is 14.4. The van der Waals surface area contributed by atoms with Gasteiger partial charge in [-0.2, -0.15) is 0 Å². The third-order valence-electron chi connectivity index (χ3n) is 5.11. The first-order chi connectivity index (χ1) is 16.9. The first kappa shape index (κ1) is 24.8. The van der Waals surface area contributed by atoms with E-state index in [1.165, 1.54) is 35.1 Å². The lowest BCUT2D eigenvalue weighted by molar-refractivity contribution is -0.122. The minimum absolute atomic E-state index is 0.161. The Balaban J connectivity index is 1.28. The van der Waals surface area contributed by atoms with Crippen molar-refractivity contribution in [3.05, 3.63) is 76.0 Å². The van der Waals surface area contributed by atoms with Crippen molar-refractivity contribution in [2.45, 2.75) is 12.8 Å². The van der Waals surface area contributed by atoms with Crippen LogP contribution in [0.5, 0.6) is 0 Å². The van der Waals surface area contributed by atoms with Crippen LogP contribution in [0, 0.1) is 0 Å². The third-order valence-corrected chi connectivity index (χ3v) is 7.24. The minimum atomic E-state index is -0.418. The number of thiazole rings is 1. The molecule has 2 aromatic carbocycles. The smallest absolute Gasteiger partial charge is 0.337 e. The Morgan fingerprint density at radius 1 is 1.14 bits per heavy atom. The summed E-state index contributed by atoms with van der Waals surface area (Å²) >= 11 is 7.97. The van der Waals surface area contributed by atoms with Crippen LogP contribution in [-0.2, 0) is 14.3 Å². The van der Waals surface area contributed by atoms with Crippen molar-refractivity contribution in [1.29, 1.82) is 0 Å². The fourth-order valence-corrected chi connectivity index (χ4v) is 5.37. The first-order valence-corrected chi connectivity index (χ1v) is 12.8. The number of carbonyl (C=O) groups excluding carboxylic acids is 3. The topological polar surface area (TPSA) is 88.6 Å². The van der Waals surface area contributed by atoms with Gasteiger partial charge in [-0.1, -0.05) is 66.4 Å². The Morgan fingerprint density at radius 3 is 2.60 bits per heavy atom. The number of methoxy groups -OCH3 is 1. The first-order valence-electron chi connectivity index (χ1n) is 10.7. The molecule has 0 spiro atoms. The Bertz CT molecular complexity index is 1290. The van der Waals surface area contributed by atoms with Crippen molar-refractivity contribution in [3.63, 3.8) is 0 Å². The largest absolute Gasteiger partial charge is 0.465 e. The number of hydrogen-bond donors (Lipinski definition) is 1. The van der Waals surface area contributed by atoms with Gasteiger partial charge in [-0.25, -0.2) is 9.78 Å². The summed E-state index contributed by atoms with van der Waals surface area (Å²) in [4.78, 5) is 43.2. The van der Waals surface area contributed by atoms with Crippen LogP contribution >= 0.6 is 35.3 Å². The maximum atomic E-state index is 12.8. The van der Waals surface area contributed by atoms with Gasteiger partial charge in [0.2, 0.25) is 5.91 Å². The molecule has 35 heavy (non-hydrogen) atoms. The van der Waals surface area contributed by atoms with Gasteiger partial charge in [-0.3, -0.25) is 14.5 Å². The quantitative estimate of drug-likeness (QED) is 0.246. The molecule has 1 aromatic heterocycles. The molecular weight excluding hydrogens is 502 g/mol. The number of nitrogens with one attached hydrogen (secondary N) is 1. The SMILES string of the molecule is COC(=O)c1ccc(/C=C2\SC(=S)N(CCCC(=O)Nc3nc(-c4ccccc4)cs3)C2=O)cc1. The van der Waals surface area contributed by atoms with Crippen molar-refractivity contribution >= 4 is 68.6 Å². The molecule has 1 saturated heterocycles. The number of thioether (sulfide) groups is 1. The molecule has 0 aliphatic carbocycles. The molecule has 0 bridgehead atoms. The van der Waals surface area contributed by atoms with E-state index in [1.807, 2.05) is 35.7 Å².